The van der Waals surface area contributed by atoms with Gasteiger partial charge >= 0.3 is 0 Å². The van der Waals surface area contributed by atoms with Gasteiger partial charge in [0.1, 0.15) is 0 Å². The molecule has 0 radical (unpaired) electrons. The molecule has 0 aliphatic carbocycles. The molecule has 1 amide bonds. The first-order valence-electron chi connectivity index (χ1n) is 8.00. The van der Waals surface area contributed by atoms with Crippen LogP contribution in [-0.4, -0.2) is 25.0 Å². The Bertz CT molecular complexity index is 473. The zero-order valence-corrected chi connectivity index (χ0v) is 13.7. The molecule has 1 aromatic rings. The fourth-order valence-corrected chi connectivity index (χ4v) is 2.81. The van der Waals surface area contributed by atoms with E-state index in [1.54, 1.807) is 0 Å². The van der Waals surface area contributed by atoms with Crippen LogP contribution in [0.3, 0.4) is 0 Å². The third-order valence-electron chi connectivity index (χ3n) is 4.43. The standard InChI is InChI=1S/C18H28N2O/c1-13-6-5-11-19-16(13)12-20-17(21)14-7-9-15(10-8-14)18(2,3)4/h7-10,13,16,19H,5-6,11-12H2,1-4H3,(H,20,21). The van der Waals surface area contributed by atoms with Crippen LogP contribution in [0.2, 0.25) is 0 Å². The fourth-order valence-electron chi connectivity index (χ4n) is 2.81. The zero-order valence-electron chi connectivity index (χ0n) is 13.7. The maximum atomic E-state index is 12.2. The molecule has 1 aliphatic heterocycles. The van der Waals surface area contributed by atoms with Crippen molar-refractivity contribution < 1.29 is 4.79 Å². The SMILES string of the molecule is CC1CCCNC1CNC(=O)c1ccc(C(C)(C)C)cc1. The maximum absolute atomic E-state index is 12.2. The smallest absolute Gasteiger partial charge is 0.251 e. The lowest BCUT2D eigenvalue weighted by Gasteiger charge is -2.30. The van der Waals surface area contributed by atoms with E-state index in [4.69, 9.17) is 0 Å². The Labute approximate surface area is 128 Å². The fraction of sp³-hybridized carbons (Fsp3) is 0.611. The van der Waals surface area contributed by atoms with Crippen LogP contribution < -0.4 is 10.6 Å². The van der Waals surface area contributed by atoms with Crippen molar-refractivity contribution in [1.29, 1.82) is 0 Å². The lowest BCUT2D eigenvalue weighted by atomic mass is 9.86. The summed E-state index contributed by atoms with van der Waals surface area (Å²) in [6, 6.07) is 8.35. The number of benzene rings is 1. The molecule has 2 unspecified atom stereocenters. The molecule has 1 aliphatic rings. The van der Waals surface area contributed by atoms with Crippen LogP contribution in [0.25, 0.3) is 0 Å². The van der Waals surface area contributed by atoms with E-state index in [9.17, 15) is 4.79 Å². The average Bonchev–Trinajstić information content (AvgIpc) is 2.45. The van der Waals surface area contributed by atoms with Crippen LogP contribution in [0, 0.1) is 5.92 Å². The van der Waals surface area contributed by atoms with E-state index in [-0.39, 0.29) is 11.3 Å². The molecule has 21 heavy (non-hydrogen) atoms. The van der Waals surface area contributed by atoms with Crippen LogP contribution in [-0.2, 0) is 5.41 Å². The minimum atomic E-state index is 0.0232. The summed E-state index contributed by atoms with van der Waals surface area (Å²) in [5.41, 5.74) is 2.12. The van der Waals surface area contributed by atoms with Gasteiger partial charge in [0.25, 0.3) is 5.91 Å². The number of nitrogens with one attached hydrogen (secondary N) is 2. The van der Waals surface area contributed by atoms with Gasteiger partial charge in [-0.05, 0) is 48.4 Å². The summed E-state index contributed by atoms with van der Waals surface area (Å²) in [6.07, 6.45) is 2.48. The highest BCUT2D eigenvalue weighted by atomic mass is 16.1. The second kappa shape index (κ2) is 6.61. The summed E-state index contributed by atoms with van der Waals surface area (Å²) in [5, 5.41) is 6.55. The summed E-state index contributed by atoms with van der Waals surface area (Å²) >= 11 is 0. The lowest BCUT2D eigenvalue weighted by Crippen LogP contribution is -2.47. The Balaban J connectivity index is 1.91. The van der Waals surface area contributed by atoms with Gasteiger partial charge in [0.05, 0.1) is 0 Å². The highest BCUT2D eigenvalue weighted by Gasteiger charge is 2.21. The van der Waals surface area contributed by atoms with Gasteiger partial charge in [-0.3, -0.25) is 4.79 Å². The highest BCUT2D eigenvalue weighted by molar-refractivity contribution is 5.94. The molecule has 3 nitrogen and oxygen atoms in total. The summed E-state index contributed by atoms with van der Waals surface area (Å²) < 4.78 is 0. The first-order chi connectivity index (χ1) is 9.88. The van der Waals surface area contributed by atoms with Crippen LogP contribution in [0.1, 0.15) is 56.5 Å². The molecule has 3 heteroatoms. The summed E-state index contributed by atoms with van der Waals surface area (Å²) in [5.74, 6) is 0.650. The molecular weight excluding hydrogens is 260 g/mol. The molecule has 2 N–H and O–H groups in total. The Hall–Kier alpha value is -1.35. The largest absolute Gasteiger partial charge is 0.350 e. The van der Waals surface area contributed by atoms with E-state index in [1.807, 2.05) is 12.1 Å². The van der Waals surface area contributed by atoms with Gasteiger partial charge in [0.2, 0.25) is 0 Å². The van der Waals surface area contributed by atoms with E-state index in [0.717, 1.165) is 12.1 Å². The molecule has 0 aromatic heterocycles. The predicted molar refractivity (Wildman–Crippen MR) is 87.7 cm³/mol. The third-order valence-corrected chi connectivity index (χ3v) is 4.43. The molecule has 0 bridgehead atoms. The molecule has 116 valence electrons. The third kappa shape index (κ3) is 4.31. The number of amides is 1. The number of hydrogen-bond acceptors (Lipinski definition) is 2. The van der Waals surface area contributed by atoms with Crippen LogP contribution in [0.5, 0.6) is 0 Å². The van der Waals surface area contributed by atoms with Crippen LogP contribution in [0.4, 0.5) is 0 Å². The summed E-state index contributed by atoms with van der Waals surface area (Å²) in [7, 11) is 0. The van der Waals surface area contributed by atoms with Crippen LogP contribution >= 0.6 is 0 Å². The second-order valence-corrected chi connectivity index (χ2v) is 7.22. The normalized spacial score (nSPS) is 22.9. The molecule has 1 heterocycles. The van der Waals surface area contributed by atoms with Gasteiger partial charge in [-0.15, -0.1) is 0 Å². The van der Waals surface area contributed by atoms with Crippen molar-refractivity contribution in [2.24, 2.45) is 5.92 Å². The van der Waals surface area contributed by atoms with Gasteiger partial charge in [0.15, 0.2) is 0 Å². The van der Waals surface area contributed by atoms with Gasteiger partial charge < -0.3 is 10.6 Å². The molecule has 0 saturated carbocycles. The molecule has 1 saturated heterocycles. The zero-order chi connectivity index (χ0) is 15.5. The highest BCUT2D eigenvalue weighted by Crippen LogP contribution is 2.22. The van der Waals surface area contributed by atoms with Gasteiger partial charge in [-0.25, -0.2) is 0 Å². The van der Waals surface area contributed by atoms with Gasteiger partial charge in [0, 0.05) is 18.2 Å². The Morgan fingerprint density at radius 2 is 1.95 bits per heavy atom. The number of carbonyl (C=O) groups is 1. The van der Waals surface area contributed by atoms with Crippen molar-refractivity contribution in [2.45, 2.75) is 52.0 Å². The Kier molecular flexibility index (Phi) is 5.04. The van der Waals surface area contributed by atoms with E-state index >= 15 is 0 Å². The van der Waals surface area contributed by atoms with Gasteiger partial charge in [-0.1, -0.05) is 39.8 Å². The number of rotatable bonds is 3. The molecule has 2 rings (SSSR count). The van der Waals surface area contributed by atoms with Crippen molar-refractivity contribution in [3.05, 3.63) is 35.4 Å². The lowest BCUT2D eigenvalue weighted by molar-refractivity contribution is 0.0943. The first-order valence-corrected chi connectivity index (χ1v) is 8.00. The van der Waals surface area contributed by atoms with E-state index in [1.165, 1.54) is 18.4 Å². The predicted octanol–water partition coefficient (Wildman–Crippen LogP) is 3.10. The van der Waals surface area contributed by atoms with Crippen molar-refractivity contribution in [3.63, 3.8) is 0 Å². The minimum absolute atomic E-state index is 0.0232. The quantitative estimate of drug-likeness (QED) is 0.897. The summed E-state index contributed by atoms with van der Waals surface area (Å²) in [4.78, 5) is 12.2. The van der Waals surface area contributed by atoms with Crippen molar-refractivity contribution >= 4 is 5.91 Å². The van der Waals surface area contributed by atoms with Crippen molar-refractivity contribution in [2.75, 3.05) is 13.1 Å². The summed E-state index contributed by atoms with van der Waals surface area (Å²) in [6.45, 7) is 10.6. The van der Waals surface area contributed by atoms with E-state index in [0.29, 0.717) is 18.5 Å². The Morgan fingerprint density at radius 1 is 1.29 bits per heavy atom. The molecule has 2 atom stereocenters. The average molecular weight is 288 g/mol. The van der Waals surface area contributed by atoms with E-state index in [2.05, 4.69) is 50.5 Å². The molecule has 1 fully saturated rings. The second-order valence-electron chi connectivity index (χ2n) is 7.22. The molecule has 0 spiro atoms. The minimum Gasteiger partial charge on any atom is -0.350 e. The maximum Gasteiger partial charge on any atom is 0.251 e. The number of hydrogen-bond donors (Lipinski definition) is 2. The van der Waals surface area contributed by atoms with Crippen molar-refractivity contribution in [3.8, 4) is 0 Å². The molecule has 1 aromatic carbocycles. The number of piperidine rings is 1. The Morgan fingerprint density at radius 3 is 2.52 bits per heavy atom. The monoisotopic (exact) mass is 288 g/mol. The molecular formula is C18H28N2O. The first kappa shape index (κ1) is 16.0. The van der Waals surface area contributed by atoms with Crippen molar-refractivity contribution in [1.82, 2.24) is 10.6 Å². The van der Waals surface area contributed by atoms with E-state index < -0.39 is 0 Å². The van der Waals surface area contributed by atoms with Gasteiger partial charge in [-0.2, -0.15) is 0 Å². The topological polar surface area (TPSA) is 41.1 Å². The number of carbonyl (C=O) groups excluding carboxylic acids is 1. The van der Waals surface area contributed by atoms with Crippen LogP contribution in [0.15, 0.2) is 24.3 Å².